The Morgan fingerprint density at radius 2 is 1.92 bits per heavy atom. The fraction of sp³-hybridized carbons (Fsp3) is 0.278. The zero-order valence-electron chi connectivity index (χ0n) is 13.5. The fourth-order valence-electron chi connectivity index (χ4n) is 2.34. The Labute approximate surface area is 154 Å². The molecule has 0 aliphatic carbocycles. The highest BCUT2D eigenvalue weighted by atomic mass is 79.9. The maximum Gasteiger partial charge on any atom is 0.234 e. The first-order valence-electron chi connectivity index (χ1n) is 7.56. The number of benzene rings is 2. The Hall–Kier alpha value is -1.66. The maximum absolute atomic E-state index is 12.1. The minimum Gasteiger partial charge on any atom is -0.454 e. The molecule has 2 aromatic rings. The van der Waals surface area contributed by atoms with Crippen LogP contribution >= 0.6 is 27.7 Å². The van der Waals surface area contributed by atoms with Crippen LogP contribution in [0.3, 0.4) is 0 Å². The fourth-order valence-corrected chi connectivity index (χ4v) is 3.81. The number of halogens is 1. The third-order valence-corrected chi connectivity index (χ3v) is 5.54. The van der Waals surface area contributed by atoms with Crippen molar-refractivity contribution in [2.24, 2.45) is 0 Å². The number of thioether (sulfide) groups is 1. The van der Waals surface area contributed by atoms with E-state index in [0.29, 0.717) is 5.75 Å². The molecule has 0 aromatic heterocycles. The Balaban J connectivity index is 1.53. The Kier molecular flexibility index (Phi) is 5.36. The lowest BCUT2D eigenvalue weighted by molar-refractivity contribution is -0.113. The molecule has 1 amide bonds. The highest BCUT2D eigenvalue weighted by Gasteiger charge is 2.16. The standard InChI is InChI=1S/C18H18BrNO3S/c1-11-3-4-14(5-12(11)2)20-18(21)9-24-8-13-6-16-17(7-15(13)19)23-10-22-16/h3-7H,8-10H2,1-2H3,(H,20,21). The van der Waals surface area contributed by atoms with Gasteiger partial charge in [-0.2, -0.15) is 0 Å². The van der Waals surface area contributed by atoms with Gasteiger partial charge in [-0.15, -0.1) is 11.8 Å². The summed E-state index contributed by atoms with van der Waals surface area (Å²) < 4.78 is 11.7. The molecule has 0 unspecified atom stereocenters. The molecule has 6 heteroatoms. The van der Waals surface area contributed by atoms with Crippen LogP contribution in [-0.4, -0.2) is 18.5 Å². The van der Waals surface area contributed by atoms with Crippen molar-refractivity contribution in [1.82, 2.24) is 0 Å². The largest absolute Gasteiger partial charge is 0.454 e. The molecule has 0 spiro atoms. The van der Waals surface area contributed by atoms with Gasteiger partial charge in [0.15, 0.2) is 11.5 Å². The number of ether oxygens (including phenoxy) is 2. The number of amides is 1. The summed E-state index contributed by atoms with van der Waals surface area (Å²) in [4.78, 5) is 12.1. The van der Waals surface area contributed by atoms with Gasteiger partial charge >= 0.3 is 0 Å². The molecule has 4 nitrogen and oxygen atoms in total. The van der Waals surface area contributed by atoms with Crippen molar-refractivity contribution in [3.8, 4) is 11.5 Å². The summed E-state index contributed by atoms with van der Waals surface area (Å²) in [6.07, 6.45) is 0. The molecule has 24 heavy (non-hydrogen) atoms. The van der Waals surface area contributed by atoms with Crippen LogP contribution in [0.25, 0.3) is 0 Å². The van der Waals surface area contributed by atoms with Gasteiger partial charge in [-0.1, -0.05) is 22.0 Å². The van der Waals surface area contributed by atoms with Crippen molar-refractivity contribution >= 4 is 39.3 Å². The summed E-state index contributed by atoms with van der Waals surface area (Å²) in [5.41, 5.74) is 4.32. The van der Waals surface area contributed by atoms with Crippen molar-refractivity contribution in [3.05, 3.63) is 51.5 Å². The van der Waals surface area contributed by atoms with Crippen LogP contribution in [0.15, 0.2) is 34.8 Å². The van der Waals surface area contributed by atoms with E-state index >= 15 is 0 Å². The molecule has 3 rings (SSSR count). The monoisotopic (exact) mass is 407 g/mol. The van der Waals surface area contributed by atoms with Gasteiger partial charge in [-0.3, -0.25) is 4.79 Å². The molecule has 2 aromatic carbocycles. The van der Waals surface area contributed by atoms with Crippen LogP contribution in [0.4, 0.5) is 5.69 Å². The lowest BCUT2D eigenvalue weighted by Crippen LogP contribution is -2.14. The third-order valence-electron chi connectivity index (χ3n) is 3.82. The van der Waals surface area contributed by atoms with Crippen molar-refractivity contribution in [2.45, 2.75) is 19.6 Å². The van der Waals surface area contributed by atoms with Gasteiger partial charge in [0.05, 0.1) is 5.75 Å². The lowest BCUT2D eigenvalue weighted by Gasteiger charge is -2.09. The zero-order valence-corrected chi connectivity index (χ0v) is 15.9. The van der Waals surface area contributed by atoms with Crippen molar-refractivity contribution in [3.63, 3.8) is 0 Å². The molecule has 126 valence electrons. The molecule has 0 saturated carbocycles. The zero-order chi connectivity index (χ0) is 17.1. The van der Waals surface area contributed by atoms with Crippen LogP contribution in [0.1, 0.15) is 16.7 Å². The van der Waals surface area contributed by atoms with E-state index in [1.807, 2.05) is 37.3 Å². The van der Waals surface area contributed by atoms with Crippen LogP contribution in [0, 0.1) is 13.8 Å². The number of hydrogen-bond donors (Lipinski definition) is 1. The number of hydrogen-bond acceptors (Lipinski definition) is 4. The van der Waals surface area contributed by atoms with Gasteiger partial charge in [-0.25, -0.2) is 0 Å². The second-order valence-electron chi connectivity index (χ2n) is 5.64. The van der Waals surface area contributed by atoms with E-state index < -0.39 is 0 Å². The summed E-state index contributed by atoms with van der Waals surface area (Å²) in [7, 11) is 0. The second kappa shape index (κ2) is 7.49. The smallest absolute Gasteiger partial charge is 0.234 e. The number of aryl methyl sites for hydroxylation is 2. The molecule has 1 aliphatic heterocycles. The van der Waals surface area contributed by atoms with Gasteiger partial charge in [0.1, 0.15) is 0 Å². The molecule has 0 atom stereocenters. The van der Waals surface area contributed by atoms with E-state index in [1.165, 1.54) is 11.1 Å². The summed E-state index contributed by atoms with van der Waals surface area (Å²) in [5, 5.41) is 2.94. The van der Waals surface area contributed by atoms with Crippen LogP contribution in [0.5, 0.6) is 11.5 Å². The molecule has 0 saturated heterocycles. The number of carbonyl (C=O) groups is 1. The van der Waals surface area contributed by atoms with Gasteiger partial charge in [0.25, 0.3) is 0 Å². The quantitative estimate of drug-likeness (QED) is 0.782. The molecule has 1 N–H and O–H groups in total. The summed E-state index contributed by atoms with van der Waals surface area (Å²) in [6.45, 7) is 4.35. The van der Waals surface area contributed by atoms with Gasteiger partial charge in [-0.05, 0) is 54.8 Å². The van der Waals surface area contributed by atoms with Crippen LogP contribution in [-0.2, 0) is 10.5 Å². The van der Waals surface area contributed by atoms with Crippen molar-refractivity contribution in [1.29, 1.82) is 0 Å². The third kappa shape index (κ3) is 4.05. The summed E-state index contributed by atoms with van der Waals surface area (Å²) in [5.74, 6) is 2.63. The summed E-state index contributed by atoms with van der Waals surface area (Å²) in [6, 6.07) is 9.81. The van der Waals surface area contributed by atoms with E-state index in [9.17, 15) is 4.79 Å². The van der Waals surface area contributed by atoms with E-state index in [-0.39, 0.29) is 12.7 Å². The van der Waals surface area contributed by atoms with Gasteiger partial charge < -0.3 is 14.8 Å². The molecule has 0 radical (unpaired) electrons. The molecular weight excluding hydrogens is 390 g/mol. The Morgan fingerprint density at radius 3 is 2.67 bits per heavy atom. The Morgan fingerprint density at radius 1 is 1.17 bits per heavy atom. The Bertz CT molecular complexity index is 779. The average Bonchev–Trinajstić information content (AvgIpc) is 2.98. The molecule has 1 aliphatic rings. The summed E-state index contributed by atoms with van der Waals surface area (Å²) >= 11 is 5.10. The highest BCUT2D eigenvalue weighted by Crippen LogP contribution is 2.38. The number of nitrogens with one attached hydrogen (secondary N) is 1. The number of carbonyl (C=O) groups excluding carboxylic acids is 1. The predicted molar refractivity (Wildman–Crippen MR) is 101 cm³/mol. The van der Waals surface area contributed by atoms with E-state index in [0.717, 1.165) is 33.0 Å². The maximum atomic E-state index is 12.1. The number of fused-ring (bicyclic) bond motifs is 1. The first kappa shape index (κ1) is 17.2. The van der Waals surface area contributed by atoms with Gasteiger partial charge in [0, 0.05) is 15.9 Å². The highest BCUT2D eigenvalue weighted by molar-refractivity contribution is 9.10. The lowest BCUT2D eigenvalue weighted by atomic mass is 10.1. The predicted octanol–water partition coefficient (Wildman–Crippen LogP) is 4.67. The number of rotatable bonds is 5. The molecule has 0 fully saturated rings. The molecule has 0 bridgehead atoms. The second-order valence-corrected chi connectivity index (χ2v) is 7.48. The normalized spacial score (nSPS) is 12.3. The van der Waals surface area contributed by atoms with E-state index in [1.54, 1.807) is 11.8 Å². The average molecular weight is 408 g/mol. The first-order chi connectivity index (χ1) is 11.5. The SMILES string of the molecule is Cc1ccc(NC(=O)CSCc2cc3c(cc2Br)OCO3)cc1C. The number of anilines is 1. The van der Waals surface area contributed by atoms with Crippen molar-refractivity contribution in [2.75, 3.05) is 17.9 Å². The first-order valence-corrected chi connectivity index (χ1v) is 9.50. The minimum atomic E-state index is 0.000110. The van der Waals surface area contributed by atoms with Gasteiger partial charge in [0.2, 0.25) is 12.7 Å². The molecule has 1 heterocycles. The van der Waals surface area contributed by atoms with Crippen LogP contribution < -0.4 is 14.8 Å². The van der Waals surface area contributed by atoms with E-state index in [4.69, 9.17) is 9.47 Å². The molecular formula is C18H18BrNO3S. The minimum absolute atomic E-state index is 0.000110. The van der Waals surface area contributed by atoms with Crippen molar-refractivity contribution < 1.29 is 14.3 Å². The topological polar surface area (TPSA) is 47.6 Å². The van der Waals surface area contributed by atoms with Crippen LogP contribution in [0.2, 0.25) is 0 Å². The van der Waals surface area contributed by atoms with E-state index in [2.05, 4.69) is 28.2 Å².